The Morgan fingerprint density at radius 3 is 2.47 bits per heavy atom. The van der Waals surface area contributed by atoms with Crippen molar-refractivity contribution in [1.29, 1.82) is 0 Å². The number of benzene rings is 2. The Morgan fingerprint density at radius 2 is 1.73 bits per heavy atom. The molecule has 0 saturated carbocycles. The lowest BCUT2D eigenvalue weighted by Crippen LogP contribution is -2.35. The maximum Gasteiger partial charge on any atom is 0.243 e. The number of aromatic nitrogens is 2. The van der Waals surface area contributed by atoms with Gasteiger partial charge in [-0.2, -0.15) is 8.68 Å². The highest BCUT2D eigenvalue weighted by atomic mass is 32.2. The summed E-state index contributed by atoms with van der Waals surface area (Å²) in [5, 5.41) is 0.818. The Labute approximate surface area is 180 Å². The molecular weight excluding hydrogens is 423 g/mol. The molecule has 1 fully saturated rings. The van der Waals surface area contributed by atoms with E-state index in [1.54, 1.807) is 0 Å². The summed E-state index contributed by atoms with van der Waals surface area (Å²) < 4.78 is 44.9. The molecule has 3 aromatic rings. The van der Waals surface area contributed by atoms with Gasteiger partial charge in [-0.1, -0.05) is 29.8 Å². The van der Waals surface area contributed by atoms with Gasteiger partial charge in [0.1, 0.15) is 11.6 Å². The summed E-state index contributed by atoms with van der Waals surface area (Å²) in [6, 6.07) is 13.3. The van der Waals surface area contributed by atoms with Gasteiger partial charge in [-0.05, 0) is 43.2 Å². The highest BCUT2D eigenvalue weighted by Crippen LogP contribution is 2.23. The van der Waals surface area contributed by atoms with Crippen LogP contribution < -0.4 is 4.90 Å². The van der Waals surface area contributed by atoms with Crippen molar-refractivity contribution in [3.8, 4) is 0 Å². The van der Waals surface area contributed by atoms with E-state index >= 15 is 0 Å². The first-order valence-corrected chi connectivity index (χ1v) is 12.0. The molecule has 1 saturated heterocycles. The van der Waals surface area contributed by atoms with Gasteiger partial charge in [0.2, 0.25) is 15.2 Å². The molecule has 0 radical (unpaired) electrons. The van der Waals surface area contributed by atoms with Gasteiger partial charge in [-0.25, -0.2) is 17.8 Å². The Kier molecular flexibility index (Phi) is 6.12. The Balaban J connectivity index is 1.42. The molecule has 0 atom stereocenters. The first-order valence-electron chi connectivity index (χ1n) is 9.80. The molecule has 1 aliphatic heterocycles. The van der Waals surface area contributed by atoms with Gasteiger partial charge >= 0.3 is 0 Å². The van der Waals surface area contributed by atoms with E-state index in [-0.39, 0.29) is 4.90 Å². The zero-order chi connectivity index (χ0) is 21.1. The molecule has 0 unspecified atom stereocenters. The minimum atomic E-state index is -3.64. The molecule has 158 valence electrons. The number of hydrogen-bond acceptors (Lipinski definition) is 6. The van der Waals surface area contributed by atoms with Gasteiger partial charge in [0.25, 0.3) is 0 Å². The number of rotatable bonds is 5. The van der Waals surface area contributed by atoms with Crippen molar-refractivity contribution in [3.05, 3.63) is 71.3 Å². The van der Waals surface area contributed by atoms with Crippen molar-refractivity contribution >= 4 is 26.7 Å². The van der Waals surface area contributed by atoms with Crippen LogP contribution in [0.1, 0.15) is 23.4 Å². The lowest BCUT2D eigenvalue weighted by molar-refractivity contribution is 0.433. The number of nitrogens with zero attached hydrogens (tertiary/aromatic N) is 4. The van der Waals surface area contributed by atoms with Crippen LogP contribution in [-0.4, -0.2) is 48.3 Å². The summed E-state index contributed by atoms with van der Waals surface area (Å²) in [4.78, 5) is 6.88. The molecule has 1 aromatic heterocycles. The number of anilines is 1. The van der Waals surface area contributed by atoms with E-state index < -0.39 is 15.8 Å². The van der Waals surface area contributed by atoms with Crippen molar-refractivity contribution in [2.45, 2.75) is 24.7 Å². The van der Waals surface area contributed by atoms with Crippen molar-refractivity contribution in [2.24, 2.45) is 0 Å². The third kappa shape index (κ3) is 4.69. The van der Waals surface area contributed by atoms with Crippen molar-refractivity contribution in [3.63, 3.8) is 0 Å². The highest BCUT2D eigenvalue weighted by Gasteiger charge is 2.27. The molecule has 30 heavy (non-hydrogen) atoms. The van der Waals surface area contributed by atoms with Crippen molar-refractivity contribution in [2.75, 3.05) is 31.1 Å². The Hall–Kier alpha value is -2.36. The van der Waals surface area contributed by atoms with E-state index in [1.807, 2.05) is 0 Å². The van der Waals surface area contributed by atoms with Crippen LogP contribution in [0.3, 0.4) is 0 Å². The van der Waals surface area contributed by atoms with Gasteiger partial charge in [0.05, 0.1) is 4.90 Å². The van der Waals surface area contributed by atoms with Crippen LogP contribution in [0.4, 0.5) is 9.52 Å². The van der Waals surface area contributed by atoms with Gasteiger partial charge in [-0.15, -0.1) is 0 Å². The topological polar surface area (TPSA) is 66.4 Å². The first-order chi connectivity index (χ1) is 14.4. The average Bonchev–Trinajstić information content (AvgIpc) is 3.04. The third-order valence-corrected chi connectivity index (χ3v) is 7.84. The van der Waals surface area contributed by atoms with Crippen LogP contribution in [0.25, 0.3) is 0 Å². The molecule has 2 heterocycles. The maximum atomic E-state index is 13.2. The monoisotopic (exact) mass is 446 g/mol. The van der Waals surface area contributed by atoms with E-state index in [2.05, 4.69) is 45.4 Å². The van der Waals surface area contributed by atoms with Crippen molar-refractivity contribution in [1.82, 2.24) is 13.7 Å². The standard InChI is InChI=1S/C21H23FN4O2S2/c1-16-3-5-17(6-4-16)15-20-23-21(29-24-20)25-11-2-12-26(14-13-25)30(27,28)19-9-7-18(22)8-10-19/h3-10H,2,11-15H2,1H3. The summed E-state index contributed by atoms with van der Waals surface area (Å²) >= 11 is 1.35. The minimum Gasteiger partial charge on any atom is -0.345 e. The summed E-state index contributed by atoms with van der Waals surface area (Å²) in [5.41, 5.74) is 2.38. The molecule has 6 nitrogen and oxygen atoms in total. The molecule has 0 spiro atoms. The SMILES string of the molecule is Cc1ccc(Cc2nsc(N3CCCN(S(=O)(=O)c4ccc(F)cc4)CC3)n2)cc1. The number of halogens is 1. The summed E-state index contributed by atoms with van der Waals surface area (Å²) in [6.45, 7) is 4.09. The Morgan fingerprint density at radius 1 is 1.00 bits per heavy atom. The molecule has 4 rings (SSSR count). The van der Waals surface area contributed by atoms with Crippen LogP contribution in [0.2, 0.25) is 0 Å². The highest BCUT2D eigenvalue weighted by molar-refractivity contribution is 7.89. The predicted octanol–water partition coefficient (Wildman–Crippen LogP) is 3.48. The maximum absolute atomic E-state index is 13.2. The second-order valence-corrected chi connectivity index (χ2v) is 10.0. The zero-order valence-electron chi connectivity index (χ0n) is 16.7. The molecule has 0 bridgehead atoms. The molecule has 0 N–H and O–H groups in total. The molecule has 0 amide bonds. The second-order valence-electron chi connectivity index (χ2n) is 7.35. The quantitative estimate of drug-likeness (QED) is 0.600. The largest absolute Gasteiger partial charge is 0.345 e. The van der Waals surface area contributed by atoms with Crippen LogP contribution in [-0.2, 0) is 16.4 Å². The second kappa shape index (κ2) is 8.79. The van der Waals surface area contributed by atoms with E-state index in [0.29, 0.717) is 39.0 Å². The minimum absolute atomic E-state index is 0.119. The van der Waals surface area contributed by atoms with Crippen LogP contribution in [0.15, 0.2) is 53.4 Å². The van der Waals surface area contributed by atoms with Gasteiger partial charge in [-0.3, -0.25) is 0 Å². The number of sulfonamides is 1. The number of hydrogen-bond donors (Lipinski definition) is 0. The van der Waals surface area contributed by atoms with Gasteiger partial charge in [0.15, 0.2) is 0 Å². The van der Waals surface area contributed by atoms with E-state index in [9.17, 15) is 12.8 Å². The fourth-order valence-electron chi connectivity index (χ4n) is 3.41. The molecule has 9 heteroatoms. The predicted molar refractivity (Wildman–Crippen MR) is 116 cm³/mol. The zero-order valence-corrected chi connectivity index (χ0v) is 18.3. The summed E-state index contributed by atoms with van der Waals surface area (Å²) in [6.07, 6.45) is 1.36. The fraction of sp³-hybridized carbons (Fsp3) is 0.333. The van der Waals surface area contributed by atoms with Crippen molar-refractivity contribution < 1.29 is 12.8 Å². The smallest absolute Gasteiger partial charge is 0.243 e. The third-order valence-electron chi connectivity index (χ3n) is 5.12. The molecule has 0 aliphatic carbocycles. The summed E-state index contributed by atoms with van der Waals surface area (Å²) in [5.74, 6) is 0.326. The molecule has 2 aromatic carbocycles. The van der Waals surface area contributed by atoms with Crippen LogP contribution in [0.5, 0.6) is 0 Å². The molecular formula is C21H23FN4O2S2. The normalized spacial score (nSPS) is 15.9. The van der Waals surface area contributed by atoms with Gasteiger partial charge < -0.3 is 4.90 Å². The van der Waals surface area contributed by atoms with Crippen LogP contribution in [0, 0.1) is 12.7 Å². The Bertz CT molecular complexity index is 1100. The molecule has 1 aliphatic rings. The summed E-state index contributed by atoms with van der Waals surface area (Å²) in [7, 11) is -3.64. The lowest BCUT2D eigenvalue weighted by atomic mass is 10.1. The average molecular weight is 447 g/mol. The fourth-order valence-corrected chi connectivity index (χ4v) is 5.62. The van der Waals surface area contributed by atoms with Crippen LogP contribution >= 0.6 is 11.5 Å². The van der Waals surface area contributed by atoms with Gasteiger partial charge in [0, 0.05) is 44.1 Å². The first kappa shape index (κ1) is 20.9. The lowest BCUT2D eigenvalue weighted by Gasteiger charge is -2.21. The van der Waals surface area contributed by atoms with E-state index in [1.165, 1.54) is 45.7 Å². The van der Waals surface area contributed by atoms with E-state index in [0.717, 1.165) is 16.5 Å². The van der Waals surface area contributed by atoms with E-state index in [4.69, 9.17) is 0 Å². The number of aryl methyl sites for hydroxylation is 1.